The molecule has 0 aliphatic heterocycles. The van der Waals surface area contributed by atoms with Crippen LogP contribution in [0.2, 0.25) is 0 Å². The zero-order valence-corrected chi connectivity index (χ0v) is 48.9. The highest BCUT2D eigenvalue weighted by atomic mass is 16.5. The number of unbranched alkanes of at least 4 members (excludes halogenated alkanes) is 3. The van der Waals surface area contributed by atoms with Gasteiger partial charge in [-0.2, -0.15) is 0 Å². The molecule has 3 atom stereocenters. The fourth-order valence-corrected chi connectivity index (χ4v) is 7.25. The Labute approximate surface area is 478 Å². The van der Waals surface area contributed by atoms with Gasteiger partial charge in [-0.25, -0.2) is 0 Å². The molecule has 0 saturated heterocycles. The third kappa shape index (κ3) is 45.3. The highest BCUT2D eigenvalue weighted by Gasteiger charge is 2.24. The monoisotopic (exact) mass is 1160 g/mol. The molecule has 0 radical (unpaired) electrons. The van der Waals surface area contributed by atoms with Crippen molar-refractivity contribution in [2.75, 3.05) is 98.7 Å². The van der Waals surface area contributed by atoms with Crippen LogP contribution in [0.4, 0.5) is 0 Å². The van der Waals surface area contributed by atoms with Gasteiger partial charge in [0.05, 0.1) is 69.2 Å². The SMILES string of the molecule is C[C@H](CCCCNC(=O)[C@H](CCCCNC(=O)CCCC(=O)NCCOCCOCC(=O)NCCOCCOCC(=O)NCCCC[C@H](C)C(N)=O)NC(=O)CCCC(=O)NC(CNC(C)(C)/C=N/O)CNC(C)(C)/C=N/O)C(N)=O. The molecule has 0 unspecified atom stereocenters. The van der Waals surface area contributed by atoms with Crippen LogP contribution >= 0.6 is 0 Å². The first-order valence-electron chi connectivity index (χ1n) is 28.2. The first-order valence-corrected chi connectivity index (χ1v) is 28.2. The predicted molar refractivity (Wildman–Crippen MR) is 303 cm³/mol. The fourth-order valence-electron chi connectivity index (χ4n) is 7.25. The Bertz CT molecular complexity index is 1870. The molecule has 0 fully saturated rings. The van der Waals surface area contributed by atoms with Gasteiger partial charge in [0, 0.05) is 83.3 Å². The van der Waals surface area contributed by atoms with Gasteiger partial charge in [-0.15, -0.1) is 10.3 Å². The van der Waals surface area contributed by atoms with E-state index >= 15 is 0 Å². The Morgan fingerprint density at radius 2 is 0.827 bits per heavy atom. The zero-order valence-electron chi connectivity index (χ0n) is 48.9. The van der Waals surface area contributed by atoms with Gasteiger partial charge in [-0.1, -0.05) is 26.7 Å². The van der Waals surface area contributed by atoms with E-state index in [2.05, 4.69) is 58.2 Å². The summed E-state index contributed by atoms with van der Waals surface area (Å²) in [4.78, 5) is 110. The topological polar surface area (TPSA) is 416 Å². The Morgan fingerprint density at radius 3 is 1.27 bits per heavy atom. The van der Waals surface area contributed by atoms with E-state index in [0.29, 0.717) is 64.6 Å². The summed E-state index contributed by atoms with van der Waals surface area (Å²) in [6, 6.07) is -1.31. The molecule has 466 valence electrons. The number of ether oxygens (including phenoxy) is 4. The third-order valence-electron chi connectivity index (χ3n) is 12.3. The van der Waals surface area contributed by atoms with Crippen molar-refractivity contribution < 1.29 is 72.5 Å². The van der Waals surface area contributed by atoms with Crippen LogP contribution in [-0.4, -0.2) is 198 Å². The Hall–Kier alpha value is -6.07. The number of nitrogens with zero attached hydrogens (tertiary/aromatic N) is 2. The maximum Gasteiger partial charge on any atom is 0.246 e. The normalized spacial score (nSPS) is 12.9. The van der Waals surface area contributed by atoms with E-state index in [1.165, 1.54) is 12.4 Å². The summed E-state index contributed by atoms with van der Waals surface area (Å²) in [6.45, 7) is 14.0. The van der Waals surface area contributed by atoms with Crippen molar-refractivity contribution in [2.45, 2.75) is 161 Å². The average molecular weight is 1160 g/mol. The van der Waals surface area contributed by atoms with Gasteiger partial charge in [0.15, 0.2) is 0 Å². The second kappa shape index (κ2) is 46.5. The lowest BCUT2D eigenvalue weighted by atomic mass is 10.0. The van der Waals surface area contributed by atoms with Crippen LogP contribution in [0.1, 0.15) is 138 Å². The smallest absolute Gasteiger partial charge is 0.246 e. The summed E-state index contributed by atoms with van der Waals surface area (Å²) in [6.07, 6.45) is 8.74. The number of oxime groups is 2. The largest absolute Gasteiger partial charge is 0.411 e. The molecule has 0 aliphatic carbocycles. The van der Waals surface area contributed by atoms with Crippen molar-refractivity contribution in [3.05, 3.63) is 0 Å². The van der Waals surface area contributed by atoms with Crippen LogP contribution in [0.15, 0.2) is 10.3 Å². The van der Waals surface area contributed by atoms with Crippen LogP contribution in [0.3, 0.4) is 0 Å². The van der Waals surface area contributed by atoms with Gasteiger partial charge in [0.2, 0.25) is 53.2 Å². The minimum absolute atomic E-state index is 0.0202. The molecular weight excluding hydrogens is 1060 g/mol. The van der Waals surface area contributed by atoms with E-state index in [4.69, 9.17) is 40.8 Å². The van der Waals surface area contributed by atoms with E-state index in [1.807, 2.05) is 0 Å². The molecule has 0 heterocycles. The molecule has 0 spiro atoms. The minimum atomic E-state index is -0.873. The Balaban J connectivity index is 4.49. The molecule has 81 heavy (non-hydrogen) atoms. The number of amides is 9. The second-order valence-corrected chi connectivity index (χ2v) is 20.9. The standard InChI is InChI=1S/C53H99N13O15/c1-39(49(54)73)15-7-10-23-57-47(71)35-80-31-30-79-28-26-59-48(72)36-81-32-29-78-27-25-58-44(68)19-13-18-43(67)56-22-12-9-17-42(51(75)60-24-11-8-16-40(2)50(55)74)66-46(70)21-14-20-45(69)65-41(33-61-52(3,4)37-63-76)34-62-53(5,6)38-64-77/h37-42,61-62,76-77H,7-36H2,1-6H3,(H2,54,73)(H2,55,74)(H,56,67)(H,57,71)(H,58,68)(H,59,72)(H,60,75)(H,65,69)(H,66,70)/b63-37+,64-38+/t39-,40+,42-/m0/s1. The van der Waals surface area contributed by atoms with Gasteiger partial charge in [-0.3, -0.25) is 43.2 Å². The number of nitrogens with two attached hydrogens (primary N) is 2. The summed E-state index contributed by atoms with van der Waals surface area (Å²) in [7, 11) is 0. The minimum Gasteiger partial charge on any atom is -0.411 e. The highest BCUT2D eigenvalue weighted by molar-refractivity contribution is 5.88. The Kier molecular flexibility index (Phi) is 43.0. The first-order chi connectivity index (χ1) is 38.5. The maximum absolute atomic E-state index is 13.3. The molecule has 9 amide bonds. The van der Waals surface area contributed by atoms with Gasteiger partial charge >= 0.3 is 0 Å². The zero-order chi connectivity index (χ0) is 60.7. The molecule has 0 rings (SSSR count). The summed E-state index contributed by atoms with van der Waals surface area (Å²) in [5, 5.41) is 50.2. The van der Waals surface area contributed by atoms with E-state index in [1.54, 1.807) is 41.5 Å². The number of carbonyl (C=O) groups excluding carboxylic acids is 9. The molecule has 28 heteroatoms. The van der Waals surface area contributed by atoms with Crippen molar-refractivity contribution in [2.24, 2.45) is 33.6 Å². The van der Waals surface area contributed by atoms with Gasteiger partial charge in [0.25, 0.3) is 0 Å². The summed E-state index contributed by atoms with van der Waals surface area (Å²) >= 11 is 0. The molecule has 0 aliphatic rings. The predicted octanol–water partition coefficient (Wildman–Crippen LogP) is -0.646. The molecule has 28 nitrogen and oxygen atoms in total. The van der Waals surface area contributed by atoms with Crippen molar-refractivity contribution in [1.82, 2.24) is 47.9 Å². The Morgan fingerprint density at radius 1 is 0.457 bits per heavy atom. The van der Waals surface area contributed by atoms with Gasteiger partial charge in [0.1, 0.15) is 19.3 Å². The van der Waals surface area contributed by atoms with Crippen LogP contribution < -0.4 is 59.3 Å². The quantitative estimate of drug-likeness (QED) is 0.0156. The molecule has 0 aromatic heterocycles. The number of primary amides is 2. The van der Waals surface area contributed by atoms with E-state index in [0.717, 1.165) is 12.8 Å². The number of hydrogen-bond acceptors (Lipinski definition) is 19. The lowest BCUT2D eigenvalue weighted by molar-refractivity contribution is -0.129. The fraction of sp³-hybridized carbons (Fsp3) is 0.792. The van der Waals surface area contributed by atoms with Crippen molar-refractivity contribution in [3.8, 4) is 0 Å². The van der Waals surface area contributed by atoms with Crippen LogP contribution in [-0.2, 0) is 62.1 Å². The summed E-state index contributed by atoms with van der Waals surface area (Å²) in [5.74, 6) is -3.34. The molecular formula is C53H99N13O15. The van der Waals surface area contributed by atoms with Crippen molar-refractivity contribution in [3.63, 3.8) is 0 Å². The summed E-state index contributed by atoms with van der Waals surface area (Å²) in [5.41, 5.74) is 9.22. The third-order valence-corrected chi connectivity index (χ3v) is 12.3. The average Bonchev–Trinajstić information content (AvgIpc) is 3.40. The maximum atomic E-state index is 13.3. The number of rotatable bonds is 52. The summed E-state index contributed by atoms with van der Waals surface area (Å²) < 4.78 is 21.4. The molecule has 0 aromatic carbocycles. The molecule has 0 aromatic rings. The van der Waals surface area contributed by atoms with Crippen molar-refractivity contribution in [1.29, 1.82) is 0 Å². The van der Waals surface area contributed by atoms with Crippen LogP contribution in [0.25, 0.3) is 0 Å². The van der Waals surface area contributed by atoms with Crippen LogP contribution in [0, 0.1) is 11.8 Å². The first kappa shape index (κ1) is 74.9. The van der Waals surface area contributed by atoms with E-state index in [-0.39, 0.29) is 171 Å². The number of carbonyl (C=O) groups is 9. The second-order valence-electron chi connectivity index (χ2n) is 20.9. The number of hydrogen-bond donors (Lipinski definition) is 13. The number of nitrogens with one attached hydrogen (secondary N) is 9. The molecule has 0 bridgehead atoms. The lowest BCUT2D eigenvalue weighted by Crippen LogP contribution is -2.55. The van der Waals surface area contributed by atoms with E-state index in [9.17, 15) is 43.2 Å². The highest BCUT2D eigenvalue weighted by Crippen LogP contribution is 2.09. The molecule has 0 saturated carbocycles. The van der Waals surface area contributed by atoms with Gasteiger partial charge in [-0.05, 0) is 85.5 Å². The van der Waals surface area contributed by atoms with Crippen LogP contribution in [0.5, 0.6) is 0 Å². The van der Waals surface area contributed by atoms with Gasteiger partial charge < -0.3 is 88.7 Å². The lowest BCUT2D eigenvalue weighted by Gasteiger charge is -2.29. The van der Waals surface area contributed by atoms with E-state index < -0.39 is 35.0 Å². The molecule has 15 N–H and O–H groups in total. The van der Waals surface area contributed by atoms with Crippen molar-refractivity contribution >= 4 is 65.6 Å².